The van der Waals surface area contributed by atoms with E-state index < -0.39 is 11.7 Å². The summed E-state index contributed by atoms with van der Waals surface area (Å²) < 4.78 is 5.01. The minimum Gasteiger partial charge on any atom is -0.442 e. The Hall–Kier alpha value is -1.50. The largest absolute Gasteiger partial charge is 0.442 e. The van der Waals surface area contributed by atoms with Crippen LogP contribution in [-0.2, 0) is 9.53 Å². The number of hydrogen-bond acceptors (Lipinski definition) is 3. The van der Waals surface area contributed by atoms with E-state index in [1.54, 1.807) is 0 Å². The van der Waals surface area contributed by atoms with Crippen LogP contribution in [0.25, 0.3) is 0 Å². The Morgan fingerprint density at radius 1 is 1.57 bits per heavy atom. The number of hydrogen-bond donors (Lipinski definition) is 1. The average Bonchev–Trinajstić information content (AvgIpc) is 2.10. The second-order valence-corrected chi connectivity index (χ2v) is 3.52. The van der Waals surface area contributed by atoms with Crippen molar-refractivity contribution in [2.24, 2.45) is 5.73 Å². The van der Waals surface area contributed by atoms with Gasteiger partial charge in [0.05, 0.1) is 0 Å². The number of ether oxygens (including phenoxy) is 1. The molecule has 0 aromatic rings. The van der Waals surface area contributed by atoms with Crippen LogP contribution in [0.3, 0.4) is 0 Å². The highest BCUT2D eigenvalue weighted by atomic mass is 16.6. The minimum absolute atomic E-state index is 0.186. The summed E-state index contributed by atoms with van der Waals surface area (Å²) in [6.07, 6.45) is 6.48. The quantitative estimate of drug-likeness (QED) is 0.668. The number of primary amides is 1. The van der Waals surface area contributed by atoms with Crippen LogP contribution in [-0.4, -0.2) is 17.5 Å². The zero-order chi connectivity index (χ0) is 10.6. The van der Waals surface area contributed by atoms with Crippen molar-refractivity contribution >= 4 is 11.9 Å². The molecule has 0 aromatic carbocycles. The fourth-order valence-corrected chi connectivity index (χ4v) is 1.70. The molecular formula is C10H13NO3. The summed E-state index contributed by atoms with van der Waals surface area (Å²) in [6, 6.07) is 0. The van der Waals surface area contributed by atoms with Crippen molar-refractivity contribution in [2.75, 3.05) is 0 Å². The third-order valence-corrected chi connectivity index (χ3v) is 2.46. The summed E-state index contributed by atoms with van der Waals surface area (Å²) in [7, 11) is 0. The van der Waals surface area contributed by atoms with Crippen LogP contribution in [0.5, 0.6) is 0 Å². The van der Waals surface area contributed by atoms with E-state index in [2.05, 4.69) is 5.92 Å². The molecule has 0 heterocycles. The zero-order valence-corrected chi connectivity index (χ0v) is 7.91. The molecule has 0 atom stereocenters. The lowest BCUT2D eigenvalue weighted by molar-refractivity contribution is -0.125. The van der Waals surface area contributed by atoms with E-state index in [9.17, 15) is 9.59 Å². The van der Waals surface area contributed by atoms with Crippen molar-refractivity contribution in [3.05, 3.63) is 0 Å². The van der Waals surface area contributed by atoms with Gasteiger partial charge in [0.1, 0.15) is 11.4 Å². The van der Waals surface area contributed by atoms with Crippen molar-refractivity contribution in [3.63, 3.8) is 0 Å². The van der Waals surface area contributed by atoms with Gasteiger partial charge < -0.3 is 10.5 Å². The topological polar surface area (TPSA) is 69.4 Å². The molecule has 1 rings (SSSR count). The van der Waals surface area contributed by atoms with E-state index in [0.29, 0.717) is 32.1 Å². The van der Waals surface area contributed by atoms with Gasteiger partial charge in [0.25, 0.3) is 0 Å². The first-order valence-corrected chi connectivity index (χ1v) is 4.52. The van der Waals surface area contributed by atoms with Crippen LogP contribution in [0.1, 0.15) is 32.1 Å². The SMILES string of the molecule is C#CCC1(OC(N)=O)CCC(=O)CC1. The van der Waals surface area contributed by atoms with Gasteiger partial charge in [0, 0.05) is 19.3 Å². The zero-order valence-electron chi connectivity index (χ0n) is 7.91. The van der Waals surface area contributed by atoms with Crippen molar-refractivity contribution in [3.8, 4) is 12.3 Å². The number of Topliss-reactive ketones (excluding diaryl/α,β-unsaturated/α-hetero) is 1. The predicted molar refractivity (Wildman–Crippen MR) is 50.3 cm³/mol. The molecule has 2 N–H and O–H groups in total. The molecule has 0 saturated heterocycles. The van der Waals surface area contributed by atoms with E-state index >= 15 is 0 Å². The molecule has 14 heavy (non-hydrogen) atoms. The molecule has 0 spiro atoms. The molecule has 1 fully saturated rings. The van der Waals surface area contributed by atoms with Gasteiger partial charge in [-0.1, -0.05) is 0 Å². The number of terminal acetylenes is 1. The molecular weight excluding hydrogens is 182 g/mol. The van der Waals surface area contributed by atoms with Crippen LogP contribution in [0.2, 0.25) is 0 Å². The fraction of sp³-hybridized carbons (Fsp3) is 0.600. The first-order chi connectivity index (χ1) is 6.58. The second kappa shape index (κ2) is 4.14. The Kier molecular flexibility index (Phi) is 3.13. The van der Waals surface area contributed by atoms with Crippen molar-refractivity contribution < 1.29 is 14.3 Å². The number of amides is 1. The molecule has 0 aromatic heterocycles. The molecule has 1 aliphatic carbocycles. The Labute approximate surface area is 82.8 Å². The Balaban J connectivity index is 2.68. The summed E-state index contributed by atoms with van der Waals surface area (Å²) >= 11 is 0. The van der Waals surface area contributed by atoms with E-state index in [0.717, 1.165) is 0 Å². The number of nitrogens with two attached hydrogens (primary N) is 1. The van der Waals surface area contributed by atoms with E-state index in [-0.39, 0.29) is 5.78 Å². The highest BCUT2D eigenvalue weighted by molar-refractivity contribution is 5.79. The van der Waals surface area contributed by atoms with Gasteiger partial charge in [-0.2, -0.15) is 0 Å². The van der Waals surface area contributed by atoms with Crippen molar-refractivity contribution in [1.82, 2.24) is 0 Å². The standard InChI is InChI=1S/C10H13NO3/c1-2-5-10(14-9(11)13)6-3-8(12)4-7-10/h1H,3-7H2,(H2,11,13). The lowest BCUT2D eigenvalue weighted by Gasteiger charge is -2.33. The summed E-state index contributed by atoms with van der Waals surface area (Å²) in [6.45, 7) is 0. The van der Waals surface area contributed by atoms with Crippen LogP contribution < -0.4 is 5.73 Å². The smallest absolute Gasteiger partial charge is 0.405 e. The predicted octanol–water partition coefficient (Wildman–Crippen LogP) is 0.987. The second-order valence-electron chi connectivity index (χ2n) is 3.52. The maximum Gasteiger partial charge on any atom is 0.405 e. The third-order valence-electron chi connectivity index (χ3n) is 2.46. The Morgan fingerprint density at radius 2 is 2.14 bits per heavy atom. The molecule has 4 heteroatoms. The summed E-state index contributed by atoms with van der Waals surface area (Å²) in [4.78, 5) is 21.7. The van der Waals surface area contributed by atoms with E-state index in [4.69, 9.17) is 16.9 Å². The number of ketones is 1. The molecule has 0 aliphatic heterocycles. The first-order valence-electron chi connectivity index (χ1n) is 4.52. The molecule has 4 nitrogen and oxygen atoms in total. The third kappa shape index (κ3) is 2.49. The van der Waals surface area contributed by atoms with Crippen molar-refractivity contribution in [2.45, 2.75) is 37.7 Å². The van der Waals surface area contributed by atoms with Gasteiger partial charge >= 0.3 is 6.09 Å². The fourth-order valence-electron chi connectivity index (χ4n) is 1.70. The number of carbonyl (C=O) groups excluding carboxylic acids is 2. The van der Waals surface area contributed by atoms with Gasteiger partial charge in [-0.25, -0.2) is 4.79 Å². The molecule has 0 unspecified atom stereocenters. The number of rotatable bonds is 2. The molecule has 1 saturated carbocycles. The maximum atomic E-state index is 11.0. The van der Waals surface area contributed by atoms with Gasteiger partial charge in [0.15, 0.2) is 0 Å². The van der Waals surface area contributed by atoms with Gasteiger partial charge in [0.2, 0.25) is 0 Å². The van der Waals surface area contributed by atoms with Gasteiger partial charge in [-0.15, -0.1) is 12.3 Å². The van der Waals surface area contributed by atoms with Gasteiger partial charge in [-0.3, -0.25) is 4.79 Å². The summed E-state index contributed by atoms with van der Waals surface area (Å²) in [5, 5.41) is 0. The Morgan fingerprint density at radius 3 is 2.57 bits per heavy atom. The van der Waals surface area contributed by atoms with Crippen LogP contribution in [0, 0.1) is 12.3 Å². The monoisotopic (exact) mass is 195 g/mol. The van der Waals surface area contributed by atoms with Crippen LogP contribution in [0.15, 0.2) is 0 Å². The summed E-state index contributed by atoms with van der Waals surface area (Å²) in [5.41, 5.74) is 4.26. The molecule has 0 bridgehead atoms. The first kappa shape index (κ1) is 10.6. The van der Waals surface area contributed by atoms with Crippen molar-refractivity contribution in [1.29, 1.82) is 0 Å². The van der Waals surface area contributed by atoms with Gasteiger partial charge in [-0.05, 0) is 12.8 Å². The van der Waals surface area contributed by atoms with E-state index in [1.165, 1.54) is 0 Å². The molecule has 1 amide bonds. The molecule has 0 radical (unpaired) electrons. The molecule has 1 aliphatic rings. The molecule has 76 valence electrons. The number of carbonyl (C=O) groups is 2. The highest BCUT2D eigenvalue weighted by Crippen LogP contribution is 2.32. The highest BCUT2D eigenvalue weighted by Gasteiger charge is 2.37. The van der Waals surface area contributed by atoms with Crippen LogP contribution >= 0.6 is 0 Å². The normalized spacial score (nSPS) is 19.8. The Bertz CT molecular complexity index is 280. The maximum absolute atomic E-state index is 11.0. The van der Waals surface area contributed by atoms with E-state index in [1.807, 2.05) is 0 Å². The lowest BCUT2D eigenvalue weighted by Crippen LogP contribution is -2.40. The average molecular weight is 195 g/mol. The minimum atomic E-state index is -0.824. The van der Waals surface area contributed by atoms with Crippen LogP contribution in [0.4, 0.5) is 4.79 Å². The lowest BCUT2D eigenvalue weighted by atomic mass is 9.82. The summed E-state index contributed by atoms with van der Waals surface area (Å²) in [5.74, 6) is 2.64.